The van der Waals surface area contributed by atoms with Crippen LogP contribution >= 0.6 is 15.9 Å². The largest absolute Gasteiger partial charge is 0.493 e. The molecule has 0 spiro atoms. The molecule has 4 aromatic rings. The van der Waals surface area contributed by atoms with Gasteiger partial charge in [-0.2, -0.15) is 0 Å². The minimum absolute atomic E-state index is 0.0280. The summed E-state index contributed by atoms with van der Waals surface area (Å²) in [6.07, 6.45) is 1.37. The zero-order valence-corrected chi connectivity index (χ0v) is 19.9. The topological polar surface area (TPSA) is 127 Å². The van der Waals surface area contributed by atoms with Gasteiger partial charge in [0.05, 0.1) is 11.9 Å². The number of likely N-dealkylation sites (N-methyl/N-ethyl adjacent to an activating group) is 1. The van der Waals surface area contributed by atoms with Crippen molar-refractivity contribution in [3.63, 3.8) is 0 Å². The van der Waals surface area contributed by atoms with Crippen molar-refractivity contribution in [2.24, 2.45) is 10.2 Å². The van der Waals surface area contributed by atoms with E-state index in [0.717, 1.165) is 18.7 Å². The summed E-state index contributed by atoms with van der Waals surface area (Å²) >= 11 is 3.48. The first-order valence-electron chi connectivity index (χ1n) is 10.7. The number of aromatic hydroxyl groups is 1. The van der Waals surface area contributed by atoms with Crippen molar-refractivity contribution in [3.05, 3.63) is 52.3 Å². The number of aromatic nitrogens is 2. The highest BCUT2D eigenvalue weighted by Gasteiger charge is 2.23. The second kappa shape index (κ2) is 8.99. The molecule has 0 saturated carbocycles. The molecule has 2 amide bonds. The fourth-order valence-electron chi connectivity index (χ4n) is 3.99. The summed E-state index contributed by atoms with van der Waals surface area (Å²) in [4.78, 5) is 36.2. The molecule has 0 bridgehead atoms. The predicted molar refractivity (Wildman–Crippen MR) is 128 cm³/mol. The Morgan fingerprint density at radius 1 is 1.21 bits per heavy atom. The number of hydrogen-bond acceptors (Lipinski definition) is 7. The molecule has 0 atom stereocenters. The second-order valence-electron chi connectivity index (χ2n) is 8.22. The van der Waals surface area contributed by atoms with Crippen LogP contribution in [-0.4, -0.2) is 69.9 Å². The summed E-state index contributed by atoms with van der Waals surface area (Å²) in [5, 5.41) is 18.7. The predicted octanol–water partition coefficient (Wildman–Crippen LogP) is 4.02. The van der Waals surface area contributed by atoms with Crippen LogP contribution < -0.4 is 0 Å². The highest BCUT2D eigenvalue weighted by Crippen LogP contribution is 2.40. The van der Waals surface area contributed by atoms with Gasteiger partial charge in [-0.05, 0) is 52.8 Å². The number of amides is 2. The van der Waals surface area contributed by atoms with Crippen LogP contribution in [0.3, 0.4) is 0 Å². The summed E-state index contributed by atoms with van der Waals surface area (Å²) in [5.41, 5.74) is 3.15. The lowest BCUT2D eigenvalue weighted by atomic mass is 10.1. The highest BCUT2D eigenvalue weighted by atomic mass is 79.9. The number of rotatable bonds is 4. The summed E-state index contributed by atoms with van der Waals surface area (Å²) in [6, 6.07) is 8.63. The Balaban J connectivity index is 1.36. The van der Waals surface area contributed by atoms with E-state index in [2.05, 4.69) is 41.0 Å². The molecule has 0 aliphatic carbocycles. The maximum atomic E-state index is 13.0. The molecule has 0 radical (unpaired) electrons. The Bertz CT molecular complexity index is 1430. The molecule has 34 heavy (non-hydrogen) atoms. The Morgan fingerprint density at radius 3 is 2.79 bits per heavy atom. The molecule has 1 fully saturated rings. The fourth-order valence-corrected chi connectivity index (χ4v) is 4.64. The number of piperazine rings is 1. The molecule has 5 rings (SSSR count). The van der Waals surface area contributed by atoms with E-state index >= 15 is 0 Å². The summed E-state index contributed by atoms with van der Waals surface area (Å²) < 4.78 is 5.77. The van der Waals surface area contributed by atoms with E-state index in [9.17, 15) is 14.7 Å². The zero-order valence-electron chi connectivity index (χ0n) is 18.3. The quantitative estimate of drug-likeness (QED) is 0.388. The first-order valence-corrected chi connectivity index (χ1v) is 11.5. The van der Waals surface area contributed by atoms with Crippen molar-refractivity contribution >= 4 is 55.4 Å². The van der Waals surface area contributed by atoms with Gasteiger partial charge in [0.1, 0.15) is 5.52 Å². The van der Waals surface area contributed by atoms with Crippen LogP contribution in [0.25, 0.3) is 22.0 Å². The first kappa shape index (κ1) is 22.2. The second-order valence-corrected chi connectivity index (χ2v) is 9.08. The summed E-state index contributed by atoms with van der Waals surface area (Å²) in [6.45, 7) is 2.96. The van der Waals surface area contributed by atoms with Gasteiger partial charge in [0, 0.05) is 41.6 Å². The van der Waals surface area contributed by atoms with Gasteiger partial charge in [-0.15, -0.1) is 10.2 Å². The average Bonchev–Trinajstić information content (AvgIpc) is 3.41. The molecular weight excluding hydrogens is 504 g/mol. The maximum absolute atomic E-state index is 13.0. The molecule has 174 valence electrons. The van der Waals surface area contributed by atoms with Crippen molar-refractivity contribution in [2.75, 3.05) is 33.2 Å². The third kappa shape index (κ3) is 4.31. The minimum Gasteiger partial charge on any atom is -0.493 e. The van der Waals surface area contributed by atoms with Crippen LogP contribution in [-0.2, 0) is 11.2 Å². The van der Waals surface area contributed by atoms with Crippen molar-refractivity contribution < 1.29 is 19.1 Å². The molecule has 3 heterocycles. The van der Waals surface area contributed by atoms with Crippen LogP contribution in [0, 0.1) is 0 Å². The standard InChI is InChI=1S/C23H21BrN6O4/c1-29-4-6-30(7-5-29)23(33)14-10-15(24)20-17(11-14)26-22(32)21(20)28-27-19(31)9-13-2-3-18-16(8-13)25-12-34-18/h2-3,8,10-12,26,32H,4-7,9H2,1H3. The van der Waals surface area contributed by atoms with E-state index < -0.39 is 5.91 Å². The van der Waals surface area contributed by atoms with Crippen molar-refractivity contribution in [1.82, 2.24) is 19.8 Å². The average molecular weight is 525 g/mol. The summed E-state index contributed by atoms with van der Waals surface area (Å²) in [5.74, 6) is -0.790. The Kier molecular flexibility index (Phi) is 5.88. The Hall–Kier alpha value is -3.57. The lowest BCUT2D eigenvalue weighted by Gasteiger charge is -2.32. The molecule has 2 aromatic carbocycles. The highest BCUT2D eigenvalue weighted by molar-refractivity contribution is 9.10. The molecule has 1 aliphatic heterocycles. The monoisotopic (exact) mass is 524 g/mol. The normalized spacial score (nSPS) is 15.1. The first-order chi connectivity index (χ1) is 16.4. The number of halogens is 1. The Morgan fingerprint density at radius 2 is 2.00 bits per heavy atom. The van der Waals surface area contributed by atoms with E-state index in [4.69, 9.17) is 4.42 Å². The van der Waals surface area contributed by atoms with Crippen LogP contribution in [0.4, 0.5) is 5.69 Å². The number of fused-ring (bicyclic) bond motifs is 2. The number of aromatic amines is 1. The smallest absolute Gasteiger partial charge is 0.269 e. The molecule has 2 aromatic heterocycles. The lowest BCUT2D eigenvalue weighted by molar-refractivity contribution is -0.117. The number of carbonyl (C=O) groups excluding carboxylic acids is 2. The molecule has 0 unspecified atom stereocenters. The number of hydrogen-bond donors (Lipinski definition) is 2. The van der Waals surface area contributed by atoms with Gasteiger partial charge >= 0.3 is 0 Å². The molecule has 2 N–H and O–H groups in total. The molecular formula is C23H21BrN6O4. The number of oxazole rings is 1. The van der Waals surface area contributed by atoms with E-state index in [1.54, 1.807) is 30.3 Å². The van der Waals surface area contributed by atoms with Gasteiger partial charge in [0.15, 0.2) is 17.7 Å². The van der Waals surface area contributed by atoms with Gasteiger partial charge in [0.2, 0.25) is 5.88 Å². The summed E-state index contributed by atoms with van der Waals surface area (Å²) in [7, 11) is 2.03. The number of carbonyl (C=O) groups is 2. The third-order valence-corrected chi connectivity index (χ3v) is 6.48. The van der Waals surface area contributed by atoms with Crippen LogP contribution in [0.2, 0.25) is 0 Å². The van der Waals surface area contributed by atoms with Crippen LogP contribution in [0.5, 0.6) is 5.88 Å². The number of nitrogens with one attached hydrogen (secondary N) is 1. The van der Waals surface area contributed by atoms with E-state index in [-0.39, 0.29) is 23.9 Å². The van der Waals surface area contributed by atoms with Gasteiger partial charge in [-0.25, -0.2) is 4.98 Å². The van der Waals surface area contributed by atoms with Gasteiger partial charge in [-0.1, -0.05) is 6.07 Å². The minimum atomic E-state index is -0.477. The van der Waals surface area contributed by atoms with E-state index in [1.165, 1.54) is 6.39 Å². The van der Waals surface area contributed by atoms with Crippen molar-refractivity contribution in [2.45, 2.75) is 6.42 Å². The Labute approximate surface area is 202 Å². The van der Waals surface area contributed by atoms with E-state index in [0.29, 0.717) is 45.1 Å². The molecule has 11 heteroatoms. The van der Waals surface area contributed by atoms with Gasteiger partial charge < -0.3 is 24.3 Å². The number of azo groups is 1. The van der Waals surface area contributed by atoms with Crippen molar-refractivity contribution in [3.8, 4) is 5.88 Å². The molecule has 10 nitrogen and oxygen atoms in total. The third-order valence-electron chi connectivity index (χ3n) is 5.85. The SMILES string of the molecule is CN1CCN(C(=O)c2cc(Br)c3c(N=NC(=O)Cc4ccc5ocnc5c4)c(O)[nH]c3c2)CC1. The lowest BCUT2D eigenvalue weighted by Crippen LogP contribution is -2.47. The number of benzene rings is 2. The number of H-pyrrole nitrogens is 1. The fraction of sp³-hybridized carbons (Fsp3) is 0.261. The van der Waals surface area contributed by atoms with Crippen LogP contribution in [0.15, 0.2) is 55.8 Å². The van der Waals surface area contributed by atoms with Gasteiger partial charge in [0.25, 0.3) is 11.8 Å². The number of nitrogens with zero attached hydrogens (tertiary/aromatic N) is 5. The zero-order chi connectivity index (χ0) is 23.8. The van der Waals surface area contributed by atoms with Gasteiger partial charge in [-0.3, -0.25) is 9.59 Å². The van der Waals surface area contributed by atoms with Crippen molar-refractivity contribution in [1.29, 1.82) is 0 Å². The molecule has 1 aliphatic rings. The van der Waals surface area contributed by atoms with Crippen LogP contribution in [0.1, 0.15) is 15.9 Å². The maximum Gasteiger partial charge on any atom is 0.269 e. The van der Waals surface area contributed by atoms with E-state index in [1.807, 2.05) is 11.9 Å². The molecule has 1 saturated heterocycles.